The fourth-order valence-corrected chi connectivity index (χ4v) is 3.63. The van der Waals surface area contributed by atoms with Crippen LogP contribution in [0.15, 0.2) is 18.5 Å². The van der Waals surface area contributed by atoms with E-state index in [2.05, 4.69) is 53.9 Å². The molecule has 0 aromatic carbocycles. The number of aromatic nitrogens is 2. The van der Waals surface area contributed by atoms with Crippen LogP contribution in [0.3, 0.4) is 0 Å². The van der Waals surface area contributed by atoms with Crippen LogP contribution in [0, 0.1) is 11.3 Å². The highest BCUT2D eigenvalue weighted by Gasteiger charge is 2.49. The Morgan fingerprint density at radius 3 is 2.62 bits per heavy atom. The lowest BCUT2D eigenvalue weighted by Crippen LogP contribution is -2.67. The van der Waals surface area contributed by atoms with Crippen molar-refractivity contribution in [1.29, 1.82) is 0 Å². The van der Waals surface area contributed by atoms with Crippen molar-refractivity contribution >= 4 is 0 Å². The molecule has 1 aromatic rings. The molecule has 1 aliphatic carbocycles. The Bertz CT molecular complexity index is 458. The van der Waals surface area contributed by atoms with Gasteiger partial charge in [0.15, 0.2) is 0 Å². The van der Waals surface area contributed by atoms with E-state index in [0.717, 1.165) is 32.1 Å². The van der Waals surface area contributed by atoms with E-state index in [0.29, 0.717) is 17.0 Å². The smallest absolute Gasteiger partial charge is 0.0536 e. The van der Waals surface area contributed by atoms with Gasteiger partial charge < -0.3 is 5.32 Å². The molecule has 4 nitrogen and oxygen atoms in total. The van der Waals surface area contributed by atoms with E-state index in [-0.39, 0.29) is 0 Å². The van der Waals surface area contributed by atoms with Crippen molar-refractivity contribution in [3.8, 4) is 0 Å². The number of hydrogen-bond donors (Lipinski definition) is 1. The predicted octanol–water partition coefficient (Wildman–Crippen LogP) is 2.37. The van der Waals surface area contributed by atoms with Gasteiger partial charge in [-0.3, -0.25) is 9.58 Å². The van der Waals surface area contributed by atoms with Gasteiger partial charge in [-0.1, -0.05) is 20.8 Å². The molecule has 2 aliphatic rings. The van der Waals surface area contributed by atoms with Gasteiger partial charge in [0.2, 0.25) is 0 Å². The highest BCUT2D eigenvalue weighted by molar-refractivity contribution is 5.06. The molecule has 0 spiro atoms. The van der Waals surface area contributed by atoms with Crippen molar-refractivity contribution in [3.63, 3.8) is 0 Å². The van der Waals surface area contributed by atoms with Gasteiger partial charge in [-0.15, -0.1) is 0 Å². The second-order valence-corrected chi connectivity index (χ2v) is 8.15. The summed E-state index contributed by atoms with van der Waals surface area (Å²) < 4.78 is 2.06. The summed E-state index contributed by atoms with van der Waals surface area (Å²) in [4.78, 5) is 2.73. The van der Waals surface area contributed by atoms with Crippen LogP contribution in [0.2, 0.25) is 0 Å². The Morgan fingerprint density at radius 2 is 2.05 bits per heavy atom. The van der Waals surface area contributed by atoms with Crippen LogP contribution in [0.5, 0.6) is 0 Å². The lowest BCUT2D eigenvalue weighted by atomic mass is 9.81. The van der Waals surface area contributed by atoms with Crippen molar-refractivity contribution in [1.82, 2.24) is 20.0 Å². The van der Waals surface area contributed by atoms with Crippen molar-refractivity contribution in [2.24, 2.45) is 11.3 Å². The Balaban J connectivity index is 1.70. The molecule has 2 fully saturated rings. The minimum Gasteiger partial charge on any atom is -0.310 e. The zero-order valence-corrected chi connectivity index (χ0v) is 14.0. The van der Waals surface area contributed by atoms with Crippen molar-refractivity contribution in [2.45, 2.75) is 58.7 Å². The molecule has 1 aliphatic heterocycles. The molecule has 2 unspecified atom stereocenters. The van der Waals surface area contributed by atoms with E-state index in [4.69, 9.17) is 0 Å². The Kier molecular flexibility index (Phi) is 3.87. The van der Waals surface area contributed by atoms with Crippen LogP contribution in [0.25, 0.3) is 0 Å². The molecule has 0 bridgehead atoms. The molecule has 2 heterocycles. The fraction of sp³-hybridized carbons (Fsp3) is 0.824. The van der Waals surface area contributed by atoms with Gasteiger partial charge in [0.1, 0.15) is 0 Å². The van der Waals surface area contributed by atoms with Crippen LogP contribution in [-0.2, 0) is 6.54 Å². The lowest BCUT2D eigenvalue weighted by molar-refractivity contribution is 0.00763. The minimum absolute atomic E-state index is 0.314. The van der Waals surface area contributed by atoms with Crippen LogP contribution >= 0.6 is 0 Å². The zero-order chi connectivity index (χ0) is 15.1. The second-order valence-electron chi connectivity index (χ2n) is 8.15. The van der Waals surface area contributed by atoms with Crippen LogP contribution in [0.4, 0.5) is 0 Å². The van der Waals surface area contributed by atoms with Gasteiger partial charge in [-0.25, -0.2) is 0 Å². The van der Waals surface area contributed by atoms with Gasteiger partial charge in [0, 0.05) is 43.6 Å². The van der Waals surface area contributed by atoms with E-state index < -0.39 is 0 Å². The van der Waals surface area contributed by atoms with Crippen LogP contribution in [-0.4, -0.2) is 45.9 Å². The quantitative estimate of drug-likeness (QED) is 0.924. The number of nitrogens with zero attached hydrogens (tertiary/aromatic N) is 3. The van der Waals surface area contributed by atoms with Gasteiger partial charge in [0.05, 0.1) is 6.54 Å². The molecule has 2 atom stereocenters. The summed E-state index contributed by atoms with van der Waals surface area (Å²) in [6.07, 6.45) is 6.74. The number of hydrogen-bond acceptors (Lipinski definition) is 3. The third-order valence-electron chi connectivity index (χ3n) is 5.49. The van der Waals surface area contributed by atoms with E-state index in [9.17, 15) is 0 Å². The topological polar surface area (TPSA) is 33.1 Å². The van der Waals surface area contributed by atoms with Gasteiger partial charge in [0.25, 0.3) is 0 Å². The average molecular weight is 290 g/mol. The fourth-order valence-electron chi connectivity index (χ4n) is 3.63. The van der Waals surface area contributed by atoms with Gasteiger partial charge >= 0.3 is 0 Å². The zero-order valence-electron chi connectivity index (χ0n) is 14.0. The highest BCUT2D eigenvalue weighted by Crippen LogP contribution is 2.44. The first-order chi connectivity index (χ1) is 9.89. The third-order valence-corrected chi connectivity index (χ3v) is 5.49. The molecular weight excluding hydrogens is 260 g/mol. The number of rotatable bonds is 4. The normalized spacial score (nSPS) is 31.5. The van der Waals surface area contributed by atoms with E-state index in [1.54, 1.807) is 0 Å². The molecule has 4 heteroatoms. The summed E-state index contributed by atoms with van der Waals surface area (Å²) in [6, 6.07) is 2.58. The Morgan fingerprint density at radius 1 is 1.29 bits per heavy atom. The van der Waals surface area contributed by atoms with Gasteiger partial charge in [-0.05, 0) is 37.2 Å². The molecule has 3 rings (SSSR count). The molecule has 118 valence electrons. The summed E-state index contributed by atoms with van der Waals surface area (Å²) in [6.45, 7) is 13.9. The SMILES string of the molecule is CC(C)(C)C1CN(CCn2cccn2)C(C)(C2CC2)CN1. The molecule has 21 heavy (non-hydrogen) atoms. The maximum absolute atomic E-state index is 4.35. The summed E-state index contributed by atoms with van der Waals surface area (Å²) in [5.41, 5.74) is 0.643. The first-order valence-corrected chi connectivity index (χ1v) is 8.35. The number of piperazine rings is 1. The first-order valence-electron chi connectivity index (χ1n) is 8.35. The second kappa shape index (κ2) is 5.40. The summed E-state index contributed by atoms with van der Waals surface area (Å²) in [5.74, 6) is 0.878. The van der Waals surface area contributed by atoms with Crippen molar-refractivity contribution < 1.29 is 0 Å². The Labute approximate surface area is 128 Å². The van der Waals surface area contributed by atoms with E-state index in [1.807, 2.05) is 12.3 Å². The maximum atomic E-state index is 4.35. The number of nitrogens with one attached hydrogen (secondary N) is 1. The maximum Gasteiger partial charge on any atom is 0.0536 e. The third kappa shape index (κ3) is 3.16. The first kappa shape index (κ1) is 15.0. The molecule has 1 saturated carbocycles. The largest absolute Gasteiger partial charge is 0.310 e. The molecule has 1 saturated heterocycles. The Hall–Kier alpha value is -0.870. The molecule has 0 radical (unpaired) electrons. The summed E-state index contributed by atoms with van der Waals surface area (Å²) >= 11 is 0. The van der Waals surface area contributed by atoms with E-state index >= 15 is 0 Å². The molecule has 0 amide bonds. The minimum atomic E-state index is 0.314. The molecule has 1 N–H and O–H groups in total. The van der Waals surface area contributed by atoms with E-state index in [1.165, 1.54) is 12.8 Å². The standard InChI is InChI=1S/C17H30N4/c1-16(2,3)15-12-20(10-11-21-9-5-8-19-21)17(4,13-18-15)14-6-7-14/h5,8-9,14-15,18H,6-7,10-13H2,1-4H3. The molecular formula is C17H30N4. The summed E-state index contributed by atoms with van der Waals surface area (Å²) in [5, 5.41) is 8.18. The van der Waals surface area contributed by atoms with Crippen LogP contribution < -0.4 is 5.32 Å². The molecule has 1 aromatic heterocycles. The van der Waals surface area contributed by atoms with Gasteiger partial charge in [-0.2, -0.15) is 5.10 Å². The lowest BCUT2D eigenvalue weighted by Gasteiger charge is -2.51. The van der Waals surface area contributed by atoms with Crippen LogP contribution in [0.1, 0.15) is 40.5 Å². The highest BCUT2D eigenvalue weighted by atomic mass is 15.3. The van der Waals surface area contributed by atoms with Crippen molar-refractivity contribution in [3.05, 3.63) is 18.5 Å². The monoisotopic (exact) mass is 290 g/mol. The predicted molar refractivity (Wildman–Crippen MR) is 86.2 cm³/mol. The van der Waals surface area contributed by atoms with Crippen molar-refractivity contribution in [2.75, 3.05) is 19.6 Å². The summed E-state index contributed by atoms with van der Waals surface area (Å²) in [7, 11) is 0. The average Bonchev–Trinajstić information content (AvgIpc) is 3.15.